The first-order valence-corrected chi connectivity index (χ1v) is 6.35. The van der Waals surface area contributed by atoms with Gasteiger partial charge in [-0.25, -0.2) is 9.78 Å². The quantitative estimate of drug-likeness (QED) is 0.793. The van der Waals surface area contributed by atoms with Crippen molar-refractivity contribution in [2.24, 2.45) is 0 Å². The van der Waals surface area contributed by atoms with Gasteiger partial charge in [0, 0.05) is 11.1 Å². The van der Waals surface area contributed by atoms with Gasteiger partial charge in [-0.1, -0.05) is 18.2 Å². The fraction of sp³-hybridized carbons (Fsp3) is 0.143. The lowest BCUT2D eigenvalue weighted by Gasteiger charge is -1.98. The number of benzene rings is 1. The molecule has 1 aromatic carbocycles. The lowest BCUT2D eigenvalue weighted by Crippen LogP contribution is -2.00. The molecule has 0 saturated heterocycles. The summed E-state index contributed by atoms with van der Waals surface area (Å²) in [6, 6.07) is 7.25. The van der Waals surface area contributed by atoms with Crippen molar-refractivity contribution in [2.45, 2.75) is 6.92 Å². The predicted octanol–water partition coefficient (Wildman–Crippen LogP) is 3.41. The van der Waals surface area contributed by atoms with Crippen molar-refractivity contribution in [3.63, 3.8) is 0 Å². The molecule has 2 aromatic rings. The second kappa shape index (κ2) is 5.60. The molecule has 1 heterocycles. The van der Waals surface area contributed by atoms with Gasteiger partial charge in [0.1, 0.15) is 5.01 Å². The maximum Gasteiger partial charge on any atom is 0.337 e. The third kappa shape index (κ3) is 3.05. The van der Waals surface area contributed by atoms with Crippen LogP contribution in [0.25, 0.3) is 12.2 Å². The van der Waals surface area contributed by atoms with Crippen molar-refractivity contribution in [1.29, 1.82) is 0 Å². The van der Waals surface area contributed by atoms with Gasteiger partial charge in [-0.2, -0.15) is 0 Å². The molecule has 0 aliphatic carbocycles. The van der Waals surface area contributed by atoms with Crippen molar-refractivity contribution in [3.8, 4) is 0 Å². The molecule has 0 N–H and O–H groups in total. The Bertz CT molecular complexity index is 570. The SMILES string of the molecule is COC(=O)c1ccc(/C=C/c2nc(C)cs2)cc1. The number of aryl methyl sites for hydroxylation is 1. The smallest absolute Gasteiger partial charge is 0.337 e. The zero-order valence-corrected chi connectivity index (χ0v) is 11.0. The van der Waals surface area contributed by atoms with E-state index in [0.29, 0.717) is 5.56 Å². The minimum atomic E-state index is -0.318. The molecule has 0 bridgehead atoms. The summed E-state index contributed by atoms with van der Waals surface area (Å²) in [5.74, 6) is -0.318. The first kappa shape index (κ1) is 12.5. The molecule has 92 valence electrons. The topological polar surface area (TPSA) is 39.2 Å². The van der Waals surface area contributed by atoms with Crippen LogP contribution >= 0.6 is 11.3 Å². The second-order valence-corrected chi connectivity index (χ2v) is 4.66. The number of hydrogen-bond donors (Lipinski definition) is 0. The first-order chi connectivity index (χ1) is 8.69. The molecule has 0 atom stereocenters. The number of esters is 1. The second-order valence-electron chi connectivity index (χ2n) is 3.77. The lowest BCUT2D eigenvalue weighted by atomic mass is 10.1. The average molecular weight is 259 g/mol. The Morgan fingerprint density at radius 1 is 1.28 bits per heavy atom. The van der Waals surface area contributed by atoms with Crippen LogP contribution in [0.5, 0.6) is 0 Å². The number of thiazole rings is 1. The number of rotatable bonds is 3. The van der Waals surface area contributed by atoms with Crippen LogP contribution in [0.3, 0.4) is 0 Å². The van der Waals surface area contributed by atoms with Crippen LogP contribution in [0.4, 0.5) is 0 Å². The van der Waals surface area contributed by atoms with Crippen LogP contribution in [-0.4, -0.2) is 18.1 Å². The maximum absolute atomic E-state index is 11.3. The van der Waals surface area contributed by atoms with Crippen LogP contribution < -0.4 is 0 Å². The van der Waals surface area contributed by atoms with E-state index in [4.69, 9.17) is 0 Å². The van der Waals surface area contributed by atoms with Crippen molar-refractivity contribution in [2.75, 3.05) is 7.11 Å². The number of hydrogen-bond acceptors (Lipinski definition) is 4. The van der Waals surface area contributed by atoms with Crippen molar-refractivity contribution in [1.82, 2.24) is 4.98 Å². The van der Waals surface area contributed by atoms with Crippen molar-refractivity contribution in [3.05, 3.63) is 51.5 Å². The highest BCUT2D eigenvalue weighted by Crippen LogP contribution is 2.13. The summed E-state index contributed by atoms with van der Waals surface area (Å²) in [4.78, 5) is 15.6. The minimum Gasteiger partial charge on any atom is -0.465 e. The number of ether oxygens (including phenoxy) is 1. The minimum absolute atomic E-state index is 0.318. The summed E-state index contributed by atoms with van der Waals surface area (Å²) in [5.41, 5.74) is 2.61. The molecule has 0 aliphatic heterocycles. The molecule has 0 aliphatic rings. The Balaban J connectivity index is 2.11. The monoisotopic (exact) mass is 259 g/mol. The van der Waals surface area contributed by atoms with E-state index in [1.165, 1.54) is 7.11 Å². The van der Waals surface area contributed by atoms with Gasteiger partial charge in [0.25, 0.3) is 0 Å². The number of carbonyl (C=O) groups excluding carboxylic acids is 1. The van der Waals surface area contributed by atoms with Gasteiger partial charge >= 0.3 is 5.97 Å². The first-order valence-electron chi connectivity index (χ1n) is 5.47. The highest BCUT2D eigenvalue weighted by molar-refractivity contribution is 7.10. The molecule has 4 heteroatoms. The van der Waals surface area contributed by atoms with Gasteiger partial charge in [0.15, 0.2) is 0 Å². The molecule has 18 heavy (non-hydrogen) atoms. The van der Waals surface area contributed by atoms with Gasteiger partial charge in [-0.3, -0.25) is 0 Å². The van der Waals surface area contributed by atoms with E-state index in [0.717, 1.165) is 16.3 Å². The van der Waals surface area contributed by atoms with E-state index >= 15 is 0 Å². The molecule has 1 aromatic heterocycles. The third-order valence-corrected chi connectivity index (χ3v) is 3.31. The van der Waals surface area contributed by atoms with E-state index in [2.05, 4.69) is 9.72 Å². The van der Waals surface area contributed by atoms with E-state index in [9.17, 15) is 4.79 Å². The highest BCUT2D eigenvalue weighted by atomic mass is 32.1. The average Bonchev–Trinajstić information content (AvgIpc) is 2.82. The van der Waals surface area contributed by atoms with Crippen LogP contribution in [0.15, 0.2) is 29.6 Å². The Morgan fingerprint density at radius 2 is 2.00 bits per heavy atom. The van der Waals surface area contributed by atoms with Gasteiger partial charge in [-0.05, 0) is 30.7 Å². The van der Waals surface area contributed by atoms with E-state index in [1.807, 2.05) is 36.6 Å². The maximum atomic E-state index is 11.3. The molecule has 0 unspecified atom stereocenters. The molecule has 0 fully saturated rings. The van der Waals surface area contributed by atoms with E-state index in [-0.39, 0.29) is 5.97 Å². The Kier molecular flexibility index (Phi) is 3.89. The predicted molar refractivity (Wildman–Crippen MR) is 73.6 cm³/mol. The molecular formula is C14H13NO2S. The summed E-state index contributed by atoms with van der Waals surface area (Å²) in [5, 5.41) is 2.99. The van der Waals surface area contributed by atoms with Gasteiger partial charge in [0.2, 0.25) is 0 Å². The molecule has 3 nitrogen and oxygen atoms in total. The zero-order valence-electron chi connectivity index (χ0n) is 10.2. The normalized spacial score (nSPS) is 10.8. The molecular weight excluding hydrogens is 246 g/mol. The van der Waals surface area contributed by atoms with Crippen molar-refractivity contribution < 1.29 is 9.53 Å². The number of nitrogens with zero attached hydrogens (tertiary/aromatic N) is 1. The zero-order chi connectivity index (χ0) is 13.0. The summed E-state index contributed by atoms with van der Waals surface area (Å²) < 4.78 is 4.64. The van der Waals surface area contributed by atoms with Gasteiger partial charge < -0.3 is 4.74 Å². The lowest BCUT2D eigenvalue weighted by molar-refractivity contribution is 0.0601. The van der Waals surface area contributed by atoms with Gasteiger partial charge in [0.05, 0.1) is 12.7 Å². The van der Waals surface area contributed by atoms with Crippen molar-refractivity contribution >= 4 is 29.5 Å². The summed E-state index contributed by atoms with van der Waals surface area (Å²) in [6.45, 7) is 1.97. The van der Waals surface area contributed by atoms with Crippen LogP contribution in [0.2, 0.25) is 0 Å². The Morgan fingerprint density at radius 3 is 2.56 bits per heavy atom. The summed E-state index contributed by atoms with van der Waals surface area (Å²) in [7, 11) is 1.38. The molecule has 0 radical (unpaired) electrons. The fourth-order valence-corrected chi connectivity index (χ4v) is 2.15. The number of methoxy groups -OCH3 is 1. The number of aromatic nitrogens is 1. The number of carbonyl (C=O) groups is 1. The Labute approximate surface area is 110 Å². The van der Waals surface area contributed by atoms with Gasteiger partial charge in [-0.15, -0.1) is 11.3 Å². The van der Waals surface area contributed by atoms with Crippen LogP contribution in [-0.2, 0) is 4.74 Å². The van der Waals surface area contributed by atoms with Crippen LogP contribution in [0.1, 0.15) is 26.6 Å². The summed E-state index contributed by atoms with van der Waals surface area (Å²) >= 11 is 1.61. The third-order valence-electron chi connectivity index (χ3n) is 2.39. The van der Waals surface area contributed by atoms with Crippen LogP contribution in [0, 0.1) is 6.92 Å². The Hall–Kier alpha value is -1.94. The molecule has 0 spiro atoms. The highest BCUT2D eigenvalue weighted by Gasteiger charge is 2.03. The molecule has 0 saturated carbocycles. The molecule has 0 amide bonds. The summed E-state index contributed by atoms with van der Waals surface area (Å²) in [6.07, 6.45) is 3.93. The standard InChI is InChI=1S/C14H13NO2S/c1-10-9-18-13(15-10)8-5-11-3-6-12(7-4-11)14(16)17-2/h3-9H,1-2H3/b8-5+. The van der Waals surface area contributed by atoms with E-state index < -0.39 is 0 Å². The fourth-order valence-electron chi connectivity index (χ4n) is 1.46. The largest absolute Gasteiger partial charge is 0.465 e. The van der Waals surface area contributed by atoms with E-state index in [1.54, 1.807) is 23.5 Å². The molecule has 2 rings (SSSR count).